The molecule has 0 radical (unpaired) electrons. The fourth-order valence-electron chi connectivity index (χ4n) is 1.94. The van der Waals surface area contributed by atoms with E-state index in [2.05, 4.69) is 10.3 Å². The van der Waals surface area contributed by atoms with Crippen molar-refractivity contribution in [2.45, 2.75) is 0 Å². The van der Waals surface area contributed by atoms with Crippen LogP contribution >= 0.6 is 34.5 Å². The van der Waals surface area contributed by atoms with Gasteiger partial charge < -0.3 is 0 Å². The van der Waals surface area contributed by atoms with Gasteiger partial charge in [0.2, 0.25) is 0 Å². The molecule has 1 N–H and O–H groups in total. The highest BCUT2D eigenvalue weighted by atomic mass is 35.5. The van der Waals surface area contributed by atoms with Crippen LogP contribution in [0.5, 0.6) is 0 Å². The Morgan fingerprint density at radius 1 is 1.09 bits per heavy atom. The number of amides is 1. The van der Waals surface area contributed by atoms with Crippen molar-refractivity contribution in [3.63, 3.8) is 0 Å². The Balaban J connectivity index is 1.78. The molecule has 0 unspecified atom stereocenters. The smallest absolute Gasteiger partial charge is 0.257 e. The van der Waals surface area contributed by atoms with Gasteiger partial charge in [-0.05, 0) is 42.5 Å². The van der Waals surface area contributed by atoms with Crippen LogP contribution in [-0.4, -0.2) is 10.9 Å². The van der Waals surface area contributed by atoms with Gasteiger partial charge in [-0.25, -0.2) is 9.37 Å². The first kappa shape index (κ1) is 15.9. The molecule has 0 aliphatic heterocycles. The number of aromatic nitrogens is 1. The monoisotopic (exact) mass is 366 g/mol. The van der Waals surface area contributed by atoms with E-state index in [-0.39, 0.29) is 11.7 Å². The van der Waals surface area contributed by atoms with Gasteiger partial charge in [0.1, 0.15) is 5.82 Å². The Bertz CT molecular complexity index is 845. The maximum Gasteiger partial charge on any atom is 0.257 e. The summed E-state index contributed by atoms with van der Waals surface area (Å²) in [6, 6.07) is 10.6. The number of carbonyl (C=O) groups is 1. The van der Waals surface area contributed by atoms with Gasteiger partial charge in [-0.3, -0.25) is 10.1 Å². The van der Waals surface area contributed by atoms with E-state index in [9.17, 15) is 9.18 Å². The van der Waals surface area contributed by atoms with Gasteiger partial charge in [-0.15, -0.1) is 11.3 Å². The molecule has 0 atom stereocenters. The lowest BCUT2D eigenvalue weighted by Crippen LogP contribution is -2.11. The minimum Gasteiger partial charge on any atom is -0.298 e. The van der Waals surface area contributed by atoms with Crippen molar-refractivity contribution in [3.8, 4) is 11.3 Å². The molecule has 0 bridgehead atoms. The molecule has 0 fully saturated rings. The second kappa shape index (κ2) is 6.66. The third-order valence-corrected chi connectivity index (χ3v) is 4.18. The molecule has 7 heteroatoms. The third-order valence-electron chi connectivity index (χ3n) is 2.99. The molecule has 0 aliphatic carbocycles. The highest BCUT2D eigenvalue weighted by molar-refractivity contribution is 7.14. The Kier molecular flexibility index (Phi) is 4.61. The number of thiazole rings is 1. The molecule has 0 aliphatic rings. The van der Waals surface area contributed by atoms with Gasteiger partial charge in [0.25, 0.3) is 5.91 Å². The molecular formula is C16H9Cl2FN2OS. The van der Waals surface area contributed by atoms with Crippen molar-refractivity contribution < 1.29 is 9.18 Å². The molecule has 3 aromatic rings. The van der Waals surface area contributed by atoms with Crippen LogP contribution < -0.4 is 5.32 Å². The van der Waals surface area contributed by atoms with E-state index >= 15 is 0 Å². The highest BCUT2D eigenvalue weighted by Gasteiger charge is 2.11. The molecular weight excluding hydrogens is 358 g/mol. The summed E-state index contributed by atoms with van der Waals surface area (Å²) in [5.74, 6) is -0.662. The van der Waals surface area contributed by atoms with Crippen molar-refractivity contribution in [1.82, 2.24) is 4.98 Å². The molecule has 23 heavy (non-hydrogen) atoms. The number of hydrogen-bond acceptors (Lipinski definition) is 3. The minimum absolute atomic E-state index is 0.310. The zero-order valence-corrected chi connectivity index (χ0v) is 13.8. The van der Waals surface area contributed by atoms with Crippen LogP contribution in [0.15, 0.2) is 47.8 Å². The van der Waals surface area contributed by atoms with Crippen LogP contribution in [0.4, 0.5) is 9.52 Å². The zero-order valence-electron chi connectivity index (χ0n) is 11.5. The van der Waals surface area contributed by atoms with E-state index in [1.54, 1.807) is 23.6 Å². The summed E-state index contributed by atoms with van der Waals surface area (Å²) in [6.07, 6.45) is 0. The lowest BCUT2D eigenvalue weighted by Gasteiger charge is -2.03. The number of benzene rings is 2. The lowest BCUT2D eigenvalue weighted by atomic mass is 10.2. The van der Waals surface area contributed by atoms with E-state index < -0.39 is 0 Å². The van der Waals surface area contributed by atoms with Crippen molar-refractivity contribution in [2.75, 3.05) is 5.32 Å². The van der Waals surface area contributed by atoms with Gasteiger partial charge >= 0.3 is 0 Å². The summed E-state index contributed by atoms with van der Waals surface area (Å²) in [6.45, 7) is 0. The fourth-order valence-corrected chi connectivity index (χ4v) is 3.18. The van der Waals surface area contributed by atoms with Gasteiger partial charge in [-0.1, -0.05) is 23.2 Å². The number of nitrogens with one attached hydrogen (secondary N) is 1. The van der Waals surface area contributed by atoms with E-state index in [1.807, 2.05) is 0 Å². The summed E-state index contributed by atoms with van der Waals surface area (Å²) in [5.41, 5.74) is 1.78. The summed E-state index contributed by atoms with van der Waals surface area (Å²) < 4.78 is 12.9. The SMILES string of the molecule is O=C(Nc1nc(-c2ccc(F)cc2)cs1)c1cc(Cl)cc(Cl)c1. The summed E-state index contributed by atoms with van der Waals surface area (Å²) in [7, 11) is 0. The average molecular weight is 367 g/mol. The number of halogens is 3. The second-order valence-corrected chi connectivity index (χ2v) is 6.39. The predicted octanol–water partition coefficient (Wildman–Crippen LogP) is 5.51. The van der Waals surface area contributed by atoms with Crippen molar-refractivity contribution >= 4 is 45.6 Å². The topological polar surface area (TPSA) is 42.0 Å². The van der Waals surface area contributed by atoms with E-state index in [0.717, 1.165) is 5.56 Å². The quantitative estimate of drug-likeness (QED) is 0.663. The van der Waals surface area contributed by atoms with Crippen LogP contribution in [0.2, 0.25) is 10.0 Å². The van der Waals surface area contributed by atoms with Crippen LogP contribution in [0.3, 0.4) is 0 Å². The van der Waals surface area contributed by atoms with Gasteiger partial charge in [0.05, 0.1) is 5.69 Å². The normalized spacial score (nSPS) is 10.6. The number of anilines is 1. The molecule has 116 valence electrons. The minimum atomic E-state index is -0.352. The molecule has 1 aromatic heterocycles. The molecule has 0 spiro atoms. The van der Waals surface area contributed by atoms with Crippen LogP contribution in [-0.2, 0) is 0 Å². The van der Waals surface area contributed by atoms with Crippen molar-refractivity contribution in [2.24, 2.45) is 0 Å². The standard InChI is InChI=1S/C16H9Cl2FN2OS/c17-11-5-10(6-12(18)7-11)15(22)21-16-20-14(8-23-16)9-1-3-13(19)4-2-9/h1-8H,(H,20,21,22). The average Bonchev–Trinajstić information content (AvgIpc) is 2.95. The maximum absolute atomic E-state index is 12.9. The molecule has 1 heterocycles. The number of nitrogens with zero attached hydrogens (tertiary/aromatic N) is 1. The fraction of sp³-hybridized carbons (Fsp3) is 0. The molecule has 3 rings (SSSR count). The number of hydrogen-bond donors (Lipinski definition) is 1. The second-order valence-electron chi connectivity index (χ2n) is 4.66. The largest absolute Gasteiger partial charge is 0.298 e. The molecule has 0 saturated heterocycles. The van der Waals surface area contributed by atoms with E-state index in [1.165, 1.54) is 35.6 Å². The Hall–Kier alpha value is -1.95. The van der Waals surface area contributed by atoms with Crippen LogP contribution in [0.1, 0.15) is 10.4 Å². The first-order valence-electron chi connectivity index (χ1n) is 6.50. The van der Waals surface area contributed by atoms with Crippen LogP contribution in [0.25, 0.3) is 11.3 Å². The van der Waals surface area contributed by atoms with Crippen molar-refractivity contribution in [3.05, 3.63) is 69.3 Å². The Labute approximate surface area is 145 Å². The first-order chi connectivity index (χ1) is 11.0. The molecule has 3 nitrogen and oxygen atoms in total. The highest BCUT2D eigenvalue weighted by Crippen LogP contribution is 2.26. The van der Waals surface area contributed by atoms with Crippen LogP contribution in [0, 0.1) is 5.82 Å². The number of rotatable bonds is 3. The zero-order chi connectivity index (χ0) is 16.4. The van der Waals surface area contributed by atoms with Gasteiger partial charge in [0.15, 0.2) is 5.13 Å². The maximum atomic E-state index is 12.9. The summed E-state index contributed by atoms with van der Waals surface area (Å²) >= 11 is 13.0. The van der Waals surface area contributed by atoms with E-state index in [0.29, 0.717) is 26.4 Å². The Morgan fingerprint density at radius 2 is 1.74 bits per heavy atom. The Morgan fingerprint density at radius 3 is 2.39 bits per heavy atom. The molecule has 1 amide bonds. The van der Waals surface area contributed by atoms with Gasteiger partial charge in [0, 0.05) is 26.6 Å². The van der Waals surface area contributed by atoms with E-state index in [4.69, 9.17) is 23.2 Å². The van der Waals surface area contributed by atoms with Crippen molar-refractivity contribution in [1.29, 1.82) is 0 Å². The third kappa shape index (κ3) is 3.88. The van der Waals surface area contributed by atoms with Gasteiger partial charge in [-0.2, -0.15) is 0 Å². The molecule has 0 saturated carbocycles. The molecule has 2 aromatic carbocycles. The first-order valence-corrected chi connectivity index (χ1v) is 8.14. The summed E-state index contributed by atoms with van der Waals surface area (Å²) in [5, 5.41) is 5.68. The predicted molar refractivity (Wildman–Crippen MR) is 91.9 cm³/mol. The summed E-state index contributed by atoms with van der Waals surface area (Å²) in [4.78, 5) is 16.5. The lowest BCUT2D eigenvalue weighted by molar-refractivity contribution is 0.102. The number of carbonyl (C=O) groups excluding carboxylic acids is 1.